The second-order valence-electron chi connectivity index (χ2n) is 5.20. The Kier molecular flexibility index (Phi) is 7.50. The summed E-state index contributed by atoms with van der Waals surface area (Å²) in [6, 6.07) is 4.20. The molecule has 24 heavy (non-hydrogen) atoms. The smallest absolute Gasteiger partial charge is 0.433 e. The van der Waals surface area contributed by atoms with Crippen LogP contribution in [0.5, 0.6) is 0 Å². The molecule has 0 aliphatic heterocycles. The van der Waals surface area contributed by atoms with Crippen LogP contribution < -0.4 is 11.1 Å². The number of nitrogens with zero attached hydrogens (tertiary/aromatic N) is 1. The minimum atomic E-state index is -4.63. The Morgan fingerprint density at radius 1 is 1.21 bits per heavy atom. The average Bonchev–Trinajstić information content (AvgIpc) is 2.90. The predicted molar refractivity (Wildman–Crippen MR) is 87.0 cm³/mol. The van der Waals surface area contributed by atoms with Crippen LogP contribution in [0, 0.1) is 0 Å². The van der Waals surface area contributed by atoms with Gasteiger partial charge < -0.3 is 15.5 Å². The maximum absolute atomic E-state index is 12.5. The third-order valence-electron chi connectivity index (χ3n) is 3.27. The van der Waals surface area contributed by atoms with Crippen molar-refractivity contribution >= 4 is 35.1 Å². The summed E-state index contributed by atoms with van der Waals surface area (Å²) in [4.78, 5) is 15.2. The van der Waals surface area contributed by atoms with E-state index in [2.05, 4.69) is 14.7 Å². The zero-order chi connectivity index (χ0) is 16.9. The van der Waals surface area contributed by atoms with Gasteiger partial charge in [0.15, 0.2) is 5.58 Å². The van der Waals surface area contributed by atoms with Gasteiger partial charge in [-0.1, -0.05) is 12.8 Å². The first-order chi connectivity index (χ1) is 10.9. The molecule has 0 unspecified atom stereocenters. The highest BCUT2D eigenvalue weighted by atomic mass is 35.5. The van der Waals surface area contributed by atoms with E-state index in [0.717, 1.165) is 25.7 Å². The number of oxazole rings is 1. The molecule has 134 valence electrons. The standard InChI is InChI=1S/C15H18F3N3O2.ClH/c16-15(17,18)14-21-11-9-10(6-7-12(11)23-14)20-13(22)5-3-1-2-4-8-19;/h6-7,9H,1-5,8,19H2,(H,20,22);1H. The van der Waals surface area contributed by atoms with Gasteiger partial charge in [-0.25, -0.2) is 4.98 Å². The number of nitrogens with one attached hydrogen (secondary N) is 1. The molecule has 0 bridgehead atoms. The molecule has 0 saturated carbocycles. The number of unbranched alkanes of at least 4 members (excludes halogenated alkanes) is 3. The molecule has 0 spiro atoms. The number of fused-ring (bicyclic) bond motifs is 1. The summed E-state index contributed by atoms with van der Waals surface area (Å²) in [6.07, 6.45) is -0.694. The van der Waals surface area contributed by atoms with Crippen molar-refractivity contribution in [1.29, 1.82) is 0 Å². The summed E-state index contributed by atoms with van der Waals surface area (Å²) in [6.45, 7) is 0.643. The molecule has 0 saturated heterocycles. The van der Waals surface area contributed by atoms with E-state index in [1.165, 1.54) is 18.2 Å². The SMILES string of the molecule is Cl.NCCCCCCC(=O)Nc1ccc2oc(C(F)(F)F)nc2c1. The molecular weight excluding hydrogens is 347 g/mol. The molecule has 1 aromatic heterocycles. The fourth-order valence-corrected chi connectivity index (χ4v) is 2.13. The summed E-state index contributed by atoms with van der Waals surface area (Å²) in [5.74, 6) is -1.48. The number of amides is 1. The van der Waals surface area contributed by atoms with Crippen molar-refractivity contribution < 1.29 is 22.4 Å². The average molecular weight is 366 g/mol. The summed E-state index contributed by atoms with van der Waals surface area (Å²) in [7, 11) is 0. The number of carbonyl (C=O) groups is 1. The molecule has 2 rings (SSSR count). The van der Waals surface area contributed by atoms with Gasteiger partial charge in [-0.2, -0.15) is 13.2 Å². The maximum Gasteiger partial charge on any atom is 0.468 e. The van der Waals surface area contributed by atoms with Gasteiger partial charge in [-0.3, -0.25) is 4.79 Å². The molecule has 0 fully saturated rings. The molecule has 1 amide bonds. The van der Waals surface area contributed by atoms with Crippen LogP contribution in [-0.4, -0.2) is 17.4 Å². The normalized spacial score (nSPS) is 11.3. The second kappa shape index (κ2) is 8.89. The number of aromatic nitrogens is 1. The highest BCUT2D eigenvalue weighted by molar-refractivity contribution is 5.92. The molecule has 1 aromatic carbocycles. The van der Waals surface area contributed by atoms with Gasteiger partial charge in [0, 0.05) is 12.1 Å². The fraction of sp³-hybridized carbons (Fsp3) is 0.467. The molecule has 0 atom stereocenters. The third-order valence-corrected chi connectivity index (χ3v) is 3.27. The number of carbonyl (C=O) groups excluding carboxylic acids is 1. The third kappa shape index (κ3) is 5.68. The Hall–Kier alpha value is -1.80. The van der Waals surface area contributed by atoms with Gasteiger partial charge in [0.1, 0.15) is 5.52 Å². The Morgan fingerprint density at radius 3 is 2.58 bits per heavy atom. The Morgan fingerprint density at radius 2 is 1.92 bits per heavy atom. The Labute approximate surface area is 143 Å². The van der Waals surface area contributed by atoms with Crippen molar-refractivity contribution in [3.05, 3.63) is 24.1 Å². The summed E-state index contributed by atoms with van der Waals surface area (Å²) in [5.41, 5.74) is 5.86. The molecule has 0 aliphatic carbocycles. The first kappa shape index (κ1) is 20.2. The van der Waals surface area contributed by atoms with Gasteiger partial charge in [0.2, 0.25) is 5.91 Å². The van der Waals surface area contributed by atoms with Crippen LogP contribution in [0.2, 0.25) is 0 Å². The van der Waals surface area contributed by atoms with Crippen LogP contribution in [0.1, 0.15) is 38.0 Å². The first-order valence-corrected chi connectivity index (χ1v) is 7.38. The van der Waals surface area contributed by atoms with Crippen LogP contribution in [0.25, 0.3) is 11.1 Å². The lowest BCUT2D eigenvalue weighted by Crippen LogP contribution is -2.11. The largest absolute Gasteiger partial charge is 0.468 e. The van der Waals surface area contributed by atoms with Crippen LogP contribution in [-0.2, 0) is 11.0 Å². The van der Waals surface area contributed by atoms with E-state index in [1.807, 2.05) is 0 Å². The van der Waals surface area contributed by atoms with E-state index < -0.39 is 12.1 Å². The summed E-state index contributed by atoms with van der Waals surface area (Å²) >= 11 is 0. The van der Waals surface area contributed by atoms with Gasteiger partial charge in [0.05, 0.1) is 0 Å². The van der Waals surface area contributed by atoms with Gasteiger partial charge >= 0.3 is 12.1 Å². The molecule has 5 nitrogen and oxygen atoms in total. The van der Waals surface area contributed by atoms with Crippen molar-refractivity contribution in [2.45, 2.75) is 38.3 Å². The quantitative estimate of drug-likeness (QED) is 0.723. The van der Waals surface area contributed by atoms with E-state index >= 15 is 0 Å². The van der Waals surface area contributed by atoms with Crippen LogP contribution in [0.4, 0.5) is 18.9 Å². The topological polar surface area (TPSA) is 81.2 Å². The molecular formula is C15H19ClF3N3O2. The number of hydrogen-bond donors (Lipinski definition) is 2. The molecule has 0 aliphatic rings. The van der Waals surface area contributed by atoms with Crippen molar-refractivity contribution in [3.8, 4) is 0 Å². The van der Waals surface area contributed by atoms with E-state index in [4.69, 9.17) is 5.73 Å². The summed E-state index contributed by atoms with van der Waals surface area (Å²) in [5, 5.41) is 2.65. The molecule has 0 radical (unpaired) electrons. The fourth-order valence-electron chi connectivity index (χ4n) is 2.13. The highest BCUT2D eigenvalue weighted by Gasteiger charge is 2.37. The lowest BCUT2D eigenvalue weighted by Gasteiger charge is -2.04. The van der Waals surface area contributed by atoms with E-state index in [1.54, 1.807) is 0 Å². The zero-order valence-electron chi connectivity index (χ0n) is 12.9. The van der Waals surface area contributed by atoms with E-state index in [9.17, 15) is 18.0 Å². The molecule has 3 N–H and O–H groups in total. The van der Waals surface area contributed by atoms with Crippen molar-refractivity contribution in [2.24, 2.45) is 5.73 Å². The summed E-state index contributed by atoms with van der Waals surface area (Å²) < 4.78 is 42.2. The molecule has 9 heteroatoms. The zero-order valence-corrected chi connectivity index (χ0v) is 13.7. The minimum absolute atomic E-state index is 0. The van der Waals surface area contributed by atoms with Gasteiger partial charge in [-0.05, 0) is 37.6 Å². The number of anilines is 1. The second-order valence-corrected chi connectivity index (χ2v) is 5.20. The van der Waals surface area contributed by atoms with Crippen LogP contribution in [0.3, 0.4) is 0 Å². The first-order valence-electron chi connectivity index (χ1n) is 7.38. The van der Waals surface area contributed by atoms with Crippen molar-refractivity contribution in [2.75, 3.05) is 11.9 Å². The van der Waals surface area contributed by atoms with Gasteiger partial charge in [0.25, 0.3) is 0 Å². The number of halogens is 4. The number of benzene rings is 1. The molecule has 2 aromatic rings. The maximum atomic E-state index is 12.5. The van der Waals surface area contributed by atoms with Crippen molar-refractivity contribution in [1.82, 2.24) is 4.98 Å². The van der Waals surface area contributed by atoms with Crippen molar-refractivity contribution in [3.63, 3.8) is 0 Å². The lowest BCUT2D eigenvalue weighted by atomic mass is 10.1. The number of nitrogens with two attached hydrogens (primary N) is 1. The Bertz CT molecular complexity index is 674. The monoisotopic (exact) mass is 365 g/mol. The number of hydrogen-bond acceptors (Lipinski definition) is 4. The number of rotatable bonds is 7. The van der Waals surface area contributed by atoms with Crippen LogP contribution in [0.15, 0.2) is 22.6 Å². The van der Waals surface area contributed by atoms with Gasteiger partial charge in [-0.15, -0.1) is 12.4 Å². The minimum Gasteiger partial charge on any atom is -0.433 e. The lowest BCUT2D eigenvalue weighted by molar-refractivity contribution is -0.156. The van der Waals surface area contributed by atoms with E-state index in [0.29, 0.717) is 18.7 Å². The molecule has 1 heterocycles. The van der Waals surface area contributed by atoms with Crippen LogP contribution >= 0.6 is 12.4 Å². The Balaban J connectivity index is 0.00000288. The number of alkyl halides is 3. The van der Waals surface area contributed by atoms with E-state index in [-0.39, 0.29) is 29.4 Å². The highest BCUT2D eigenvalue weighted by Crippen LogP contribution is 2.31. The predicted octanol–water partition coefficient (Wildman–Crippen LogP) is 4.12.